The molecule has 1 amide bonds. The van der Waals surface area contributed by atoms with Gasteiger partial charge in [0.1, 0.15) is 0 Å². The summed E-state index contributed by atoms with van der Waals surface area (Å²) < 4.78 is 0. The molecule has 0 saturated carbocycles. The second-order valence-corrected chi connectivity index (χ2v) is 5.11. The van der Waals surface area contributed by atoms with E-state index in [-0.39, 0.29) is 11.8 Å². The fourth-order valence-electron chi connectivity index (χ4n) is 2.30. The second kappa shape index (κ2) is 5.97. The number of hydrogen-bond donors (Lipinski definition) is 1. The number of hydrazone groups is 1. The Morgan fingerprint density at radius 3 is 2.58 bits per heavy atom. The topological polar surface area (TPSA) is 58.7 Å². The van der Waals surface area contributed by atoms with Crippen molar-refractivity contribution in [3.8, 4) is 0 Å². The number of carbonyl (C=O) groups is 1. The highest BCUT2D eigenvalue weighted by molar-refractivity contribution is 6.06. The first-order valence-electron chi connectivity index (χ1n) is 6.74. The maximum Gasteiger partial charge on any atom is 0.251 e. The lowest BCUT2D eigenvalue weighted by Crippen LogP contribution is -2.27. The molecule has 1 aliphatic rings. The molecule has 0 fully saturated rings. The van der Waals surface area contributed by atoms with Gasteiger partial charge in [0, 0.05) is 5.71 Å². The molecular formula is C15H21N3O. The highest BCUT2D eigenvalue weighted by Gasteiger charge is 2.32. The van der Waals surface area contributed by atoms with Crippen molar-refractivity contribution in [2.45, 2.75) is 33.2 Å². The Balaban J connectivity index is 2.02. The molecule has 1 aromatic carbocycles. The third-order valence-corrected chi connectivity index (χ3v) is 3.49. The van der Waals surface area contributed by atoms with Crippen LogP contribution in [0.3, 0.4) is 0 Å². The smallest absolute Gasteiger partial charge is 0.251 e. The maximum atomic E-state index is 12.3. The van der Waals surface area contributed by atoms with E-state index in [1.807, 2.05) is 19.1 Å². The van der Waals surface area contributed by atoms with Crippen LogP contribution in [0.1, 0.15) is 30.9 Å². The molecule has 0 saturated heterocycles. The van der Waals surface area contributed by atoms with Gasteiger partial charge in [0.15, 0.2) is 0 Å². The minimum Gasteiger partial charge on any atom is -0.330 e. The van der Waals surface area contributed by atoms with Crippen LogP contribution in [0.5, 0.6) is 0 Å². The Labute approximate surface area is 114 Å². The summed E-state index contributed by atoms with van der Waals surface area (Å²) in [5.74, 6) is 0.0283. The van der Waals surface area contributed by atoms with Crippen molar-refractivity contribution in [1.82, 2.24) is 5.01 Å². The molecule has 0 aromatic heterocycles. The quantitative estimate of drug-likeness (QED) is 0.880. The summed E-state index contributed by atoms with van der Waals surface area (Å²) in [5, 5.41) is 5.97. The summed E-state index contributed by atoms with van der Waals surface area (Å²) in [6.07, 6.45) is 1.66. The summed E-state index contributed by atoms with van der Waals surface area (Å²) in [6, 6.07) is 8.19. The molecule has 2 rings (SSSR count). The zero-order valence-corrected chi connectivity index (χ0v) is 11.6. The van der Waals surface area contributed by atoms with Gasteiger partial charge in [-0.05, 0) is 38.8 Å². The van der Waals surface area contributed by atoms with Crippen LogP contribution in [0.2, 0.25) is 0 Å². The number of benzene rings is 1. The van der Waals surface area contributed by atoms with E-state index in [1.165, 1.54) is 5.56 Å². The molecule has 1 aliphatic heterocycles. The summed E-state index contributed by atoms with van der Waals surface area (Å²) in [7, 11) is 0. The number of amides is 1. The predicted octanol–water partition coefficient (Wildman–Crippen LogP) is 2.07. The van der Waals surface area contributed by atoms with Crippen molar-refractivity contribution in [3.05, 3.63) is 35.4 Å². The SMILES string of the molecule is CC1=NN(Cc2ccc(C)cc2)C(=O)C1CCCN. The molecule has 102 valence electrons. The van der Waals surface area contributed by atoms with E-state index in [1.54, 1.807) is 5.01 Å². The maximum absolute atomic E-state index is 12.3. The van der Waals surface area contributed by atoms with Gasteiger partial charge in [0.25, 0.3) is 5.91 Å². The molecule has 4 nitrogen and oxygen atoms in total. The van der Waals surface area contributed by atoms with Gasteiger partial charge in [0.2, 0.25) is 0 Å². The van der Waals surface area contributed by atoms with Gasteiger partial charge in [0.05, 0.1) is 12.5 Å². The minimum atomic E-state index is -0.0750. The molecule has 0 aliphatic carbocycles. The summed E-state index contributed by atoms with van der Waals surface area (Å²) in [6.45, 7) is 5.15. The Morgan fingerprint density at radius 1 is 1.26 bits per heavy atom. The average molecular weight is 259 g/mol. The summed E-state index contributed by atoms with van der Waals surface area (Å²) >= 11 is 0. The first-order chi connectivity index (χ1) is 9.11. The number of nitrogens with zero attached hydrogens (tertiary/aromatic N) is 2. The normalized spacial score (nSPS) is 18.9. The van der Waals surface area contributed by atoms with Gasteiger partial charge < -0.3 is 5.73 Å². The van der Waals surface area contributed by atoms with Crippen molar-refractivity contribution in [2.75, 3.05) is 6.54 Å². The minimum absolute atomic E-state index is 0.0750. The second-order valence-electron chi connectivity index (χ2n) is 5.11. The molecule has 19 heavy (non-hydrogen) atoms. The standard InChI is InChI=1S/C15H21N3O/c1-11-5-7-13(8-6-11)10-18-15(19)14(4-3-9-16)12(2)17-18/h5-8,14H,3-4,9-10,16H2,1-2H3. The zero-order valence-electron chi connectivity index (χ0n) is 11.6. The van der Waals surface area contributed by atoms with E-state index < -0.39 is 0 Å². The van der Waals surface area contributed by atoms with Crippen LogP contribution in [0.4, 0.5) is 0 Å². The first-order valence-corrected chi connectivity index (χ1v) is 6.74. The molecule has 0 bridgehead atoms. The molecule has 4 heteroatoms. The number of hydrogen-bond acceptors (Lipinski definition) is 3. The van der Waals surface area contributed by atoms with Crippen LogP contribution in [-0.4, -0.2) is 23.2 Å². The van der Waals surface area contributed by atoms with E-state index in [2.05, 4.69) is 24.2 Å². The van der Waals surface area contributed by atoms with Crippen LogP contribution in [0.15, 0.2) is 29.4 Å². The lowest BCUT2D eigenvalue weighted by atomic mass is 9.98. The molecule has 1 aromatic rings. The Hall–Kier alpha value is -1.68. The molecule has 1 unspecified atom stereocenters. The van der Waals surface area contributed by atoms with Gasteiger partial charge >= 0.3 is 0 Å². The number of carbonyl (C=O) groups excluding carboxylic acids is 1. The Kier molecular flexibility index (Phi) is 4.32. The van der Waals surface area contributed by atoms with Gasteiger partial charge in [-0.15, -0.1) is 0 Å². The lowest BCUT2D eigenvalue weighted by molar-refractivity contribution is -0.132. The molecule has 2 N–H and O–H groups in total. The molecule has 0 spiro atoms. The third kappa shape index (κ3) is 3.20. The Bertz CT molecular complexity index is 479. The average Bonchev–Trinajstić information content (AvgIpc) is 2.65. The highest BCUT2D eigenvalue weighted by atomic mass is 16.2. The van der Waals surface area contributed by atoms with E-state index in [0.717, 1.165) is 24.1 Å². The van der Waals surface area contributed by atoms with Crippen LogP contribution in [-0.2, 0) is 11.3 Å². The molecule has 1 heterocycles. The van der Waals surface area contributed by atoms with E-state index in [4.69, 9.17) is 5.73 Å². The third-order valence-electron chi connectivity index (χ3n) is 3.49. The lowest BCUT2D eigenvalue weighted by Gasteiger charge is -2.14. The summed E-state index contributed by atoms with van der Waals surface area (Å²) in [4.78, 5) is 12.3. The fraction of sp³-hybridized carbons (Fsp3) is 0.467. The molecule has 0 radical (unpaired) electrons. The van der Waals surface area contributed by atoms with Gasteiger partial charge in [-0.2, -0.15) is 5.10 Å². The Morgan fingerprint density at radius 2 is 1.95 bits per heavy atom. The van der Waals surface area contributed by atoms with Crippen molar-refractivity contribution in [1.29, 1.82) is 0 Å². The first kappa shape index (κ1) is 13.7. The van der Waals surface area contributed by atoms with E-state index >= 15 is 0 Å². The number of aryl methyl sites for hydroxylation is 1. The fourth-order valence-corrected chi connectivity index (χ4v) is 2.30. The number of rotatable bonds is 5. The zero-order chi connectivity index (χ0) is 13.8. The van der Waals surface area contributed by atoms with Crippen LogP contribution in [0.25, 0.3) is 0 Å². The molecule has 1 atom stereocenters. The van der Waals surface area contributed by atoms with E-state index in [0.29, 0.717) is 13.1 Å². The number of nitrogens with two attached hydrogens (primary N) is 1. The van der Waals surface area contributed by atoms with Gasteiger partial charge in [-0.3, -0.25) is 4.79 Å². The van der Waals surface area contributed by atoms with Crippen molar-refractivity contribution in [2.24, 2.45) is 16.8 Å². The van der Waals surface area contributed by atoms with Crippen molar-refractivity contribution >= 4 is 11.6 Å². The van der Waals surface area contributed by atoms with Crippen molar-refractivity contribution < 1.29 is 4.79 Å². The largest absolute Gasteiger partial charge is 0.330 e. The van der Waals surface area contributed by atoms with Crippen LogP contribution < -0.4 is 5.73 Å². The summed E-state index contributed by atoms with van der Waals surface area (Å²) in [5.41, 5.74) is 8.74. The van der Waals surface area contributed by atoms with E-state index in [9.17, 15) is 4.79 Å². The molecular weight excluding hydrogens is 238 g/mol. The van der Waals surface area contributed by atoms with Crippen LogP contribution >= 0.6 is 0 Å². The monoisotopic (exact) mass is 259 g/mol. The van der Waals surface area contributed by atoms with Crippen LogP contribution in [0, 0.1) is 12.8 Å². The van der Waals surface area contributed by atoms with Gasteiger partial charge in [-0.25, -0.2) is 5.01 Å². The van der Waals surface area contributed by atoms with Gasteiger partial charge in [-0.1, -0.05) is 29.8 Å². The van der Waals surface area contributed by atoms with Crippen molar-refractivity contribution in [3.63, 3.8) is 0 Å². The predicted molar refractivity (Wildman–Crippen MR) is 76.6 cm³/mol. The highest BCUT2D eigenvalue weighted by Crippen LogP contribution is 2.22.